The monoisotopic (exact) mass is 886 g/mol. The molecule has 0 nitrogen and oxygen atoms in total. The summed E-state index contributed by atoms with van der Waals surface area (Å²) in [4.78, 5) is 0. The van der Waals surface area contributed by atoms with Gasteiger partial charge in [0.1, 0.15) is 5.41 Å². The van der Waals surface area contributed by atoms with Crippen molar-refractivity contribution in [2.75, 3.05) is 0 Å². The molecule has 0 spiro atoms. The van der Waals surface area contributed by atoms with Crippen molar-refractivity contribution < 1.29 is 136 Å². The fraction of sp³-hybridized carbons (Fsp3) is 1.00. The topological polar surface area (TPSA) is 0 Å². The molecule has 0 fully saturated rings. The third kappa shape index (κ3) is 9.01. The maximum Gasteiger partial charge on any atom is 0.456 e. The first-order valence-corrected chi connectivity index (χ1v) is 12.6. The van der Waals surface area contributed by atoms with Crippen LogP contribution >= 0.6 is 0 Å². The van der Waals surface area contributed by atoms with Crippen LogP contribution in [0.15, 0.2) is 0 Å². The van der Waals surface area contributed by atoms with E-state index in [0.29, 0.717) is 0 Å². The smallest absolute Gasteiger partial charge is 0.236 e. The van der Waals surface area contributed by atoms with Crippen LogP contribution in [0.3, 0.4) is 0 Å². The van der Waals surface area contributed by atoms with Crippen molar-refractivity contribution in [3.05, 3.63) is 0 Å². The SMILES string of the molecule is CC(F)(C(F)(F)C(F)(F)F)C(C)(C(F)(F)F)C(F)(F)F.CC(F)(C(F)(F)F)C(C)(C(F)(F)C(F)(F)F)C(C)(C(F)(F)F)C(F)(F)F.CC(F)(F)C(C)(F)F. The molecule has 0 aromatic rings. The van der Waals surface area contributed by atoms with Gasteiger partial charge < -0.3 is 0 Å². The van der Waals surface area contributed by atoms with E-state index in [2.05, 4.69) is 0 Å². The van der Waals surface area contributed by atoms with Gasteiger partial charge in [-0.3, -0.25) is 0 Å². The van der Waals surface area contributed by atoms with Crippen LogP contribution in [0.25, 0.3) is 0 Å². The molecular weight excluding hydrogens is 865 g/mol. The van der Waals surface area contributed by atoms with Crippen LogP contribution in [0.1, 0.15) is 48.5 Å². The first-order valence-electron chi connectivity index (χ1n) is 12.6. The summed E-state index contributed by atoms with van der Waals surface area (Å²) in [6.45, 7) is -5.79. The quantitative estimate of drug-likeness (QED) is 0.233. The summed E-state index contributed by atoms with van der Waals surface area (Å²) in [6, 6.07) is 0. The molecule has 31 heteroatoms. The molecule has 0 aromatic heterocycles. The van der Waals surface area contributed by atoms with E-state index in [4.69, 9.17) is 0 Å². The van der Waals surface area contributed by atoms with Crippen LogP contribution in [0.5, 0.6) is 0 Å². The summed E-state index contributed by atoms with van der Waals surface area (Å²) in [7, 11) is 0. The Labute approximate surface area is 280 Å². The lowest BCUT2D eigenvalue weighted by Gasteiger charge is -2.56. The Morgan fingerprint density at radius 2 is 0.389 bits per heavy atom. The van der Waals surface area contributed by atoms with Crippen molar-refractivity contribution in [3.63, 3.8) is 0 Å². The van der Waals surface area contributed by atoms with Gasteiger partial charge in [-0.15, -0.1) is 0 Å². The number of hydrogen-bond donors (Lipinski definition) is 0. The van der Waals surface area contributed by atoms with Crippen molar-refractivity contribution in [1.29, 1.82) is 0 Å². The van der Waals surface area contributed by atoms with Gasteiger partial charge in [0, 0.05) is 13.8 Å². The van der Waals surface area contributed by atoms with Crippen molar-refractivity contribution in [1.82, 2.24) is 0 Å². The standard InChI is InChI=1S/C11H9F15.C8H6F12.C4H6F4/c1-4(6(3,12)10(21,22)23,7(13,14)11(24,25)26)5(2,8(15,16)17)9(18,19)20;1-3(6(12,13)14,7(15,16)17)4(2,9)5(10,11)8(18,19)20;1-3(5,6)4(2,7)8/h1-3H3;1-2H3;1-2H3. The number of hydrogen-bond acceptors (Lipinski definition) is 0. The van der Waals surface area contributed by atoms with Gasteiger partial charge in [0.2, 0.25) is 11.3 Å². The summed E-state index contributed by atoms with van der Waals surface area (Å²) >= 11 is 0. The van der Waals surface area contributed by atoms with E-state index in [1.807, 2.05) is 0 Å². The molecule has 0 bridgehead atoms. The minimum Gasteiger partial charge on any atom is -0.236 e. The van der Waals surface area contributed by atoms with Crippen molar-refractivity contribution in [3.8, 4) is 0 Å². The number of halogens is 31. The van der Waals surface area contributed by atoms with E-state index >= 15 is 0 Å². The zero-order valence-electron chi connectivity index (χ0n) is 26.7. The molecule has 0 aliphatic heterocycles. The summed E-state index contributed by atoms with van der Waals surface area (Å²) < 4.78 is 390. The molecule has 0 saturated carbocycles. The molecule has 0 amide bonds. The van der Waals surface area contributed by atoms with Crippen LogP contribution < -0.4 is 0 Å². The highest BCUT2D eigenvalue weighted by molar-refractivity contribution is 5.19. The van der Waals surface area contributed by atoms with E-state index < -0.39 is 129 Å². The van der Waals surface area contributed by atoms with Gasteiger partial charge in [-0.25, -0.2) is 26.3 Å². The van der Waals surface area contributed by atoms with Crippen molar-refractivity contribution in [2.45, 2.75) is 127 Å². The Kier molecular flexibility index (Phi) is 14.9. The molecule has 0 rings (SSSR count). The van der Waals surface area contributed by atoms with Gasteiger partial charge in [-0.05, 0) is 34.6 Å². The van der Waals surface area contributed by atoms with E-state index in [9.17, 15) is 136 Å². The third-order valence-corrected chi connectivity index (χ3v) is 8.38. The lowest BCUT2D eigenvalue weighted by Crippen LogP contribution is -2.76. The number of alkyl halides is 31. The molecule has 0 heterocycles. The highest BCUT2D eigenvalue weighted by atomic mass is 19.5. The minimum atomic E-state index is -7.40. The van der Waals surface area contributed by atoms with Gasteiger partial charge in [-0.1, -0.05) is 0 Å². The molecule has 330 valence electrons. The van der Waals surface area contributed by atoms with Gasteiger partial charge >= 0.3 is 66.9 Å². The van der Waals surface area contributed by atoms with Crippen LogP contribution in [-0.2, 0) is 0 Å². The normalized spacial score (nSPS) is 19.0. The summed E-state index contributed by atoms with van der Waals surface area (Å²) in [5.41, 5.74) is -31.1. The van der Waals surface area contributed by atoms with E-state index in [1.54, 1.807) is 0 Å². The molecule has 0 N–H and O–H groups in total. The van der Waals surface area contributed by atoms with Crippen molar-refractivity contribution >= 4 is 0 Å². The van der Waals surface area contributed by atoms with E-state index in [0.717, 1.165) is 0 Å². The predicted octanol–water partition coefficient (Wildman–Crippen LogP) is 14.0. The van der Waals surface area contributed by atoms with Gasteiger partial charge in [0.25, 0.3) is 0 Å². The van der Waals surface area contributed by atoms with Gasteiger partial charge in [-0.2, -0.15) is 110 Å². The Bertz CT molecular complexity index is 1140. The zero-order valence-corrected chi connectivity index (χ0v) is 26.7. The first kappa shape index (κ1) is 56.2. The molecule has 3 atom stereocenters. The molecular formula is C23H21F31. The summed E-state index contributed by atoms with van der Waals surface area (Å²) in [5.74, 6) is -22.1. The van der Waals surface area contributed by atoms with Gasteiger partial charge in [0.15, 0.2) is 10.8 Å². The molecule has 0 radical (unpaired) electrons. The maximum atomic E-state index is 14.1. The summed E-state index contributed by atoms with van der Waals surface area (Å²) in [5, 5.41) is 0. The summed E-state index contributed by atoms with van der Waals surface area (Å²) in [6.07, 6.45) is -49.1. The fourth-order valence-corrected chi connectivity index (χ4v) is 3.65. The first-order chi connectivity index (χ1) is 22.2. The fourth-order valence-electron chi connectivity index (χ4n) is 3.65. The predicted molar refractivity (Wildman–Crippen MR) is 117 cm³/mol. The lowest BCUT2D eigenvalue weighted by molar-refractivity contribution is -0.462. The largest absolute Gasteiger partial charge is 0.456 e. The molecule has 0 saturated heterocycles. The molecule has 0 aliphatic carbocycles. The highest BCUT2D eigenvalue weighted by Crippen LogP contribution is 2.73. The second kappa shape index (κ2) is 14.3. The van der Waals surface area contributed by atoms with Crippen LogP contribution in [-0.4, -0.2) is 78.3 Å². The third-order valence-electron chi connectivity index (χ3n) is 8.38. The Balaban J connectivity index is -0.000000818. The minimum absolute atomic E-state index is 0.188. The number of rotatable bonds is 6. The zero-order chi connectivity index (χ0) is 46.0. The van der Waals surface area contributed by atoms with E-state index in [1.165, 1.54) is 0 Å². The molecule has 0 aromatic carbocycles. The second-order valence-corrected chi connectivity index (χ2v) is 11.8. The van der Waals surface area contributed by atoms with E-state index in [-0.39, 0.29) is 13.8 Å². The maximum absolute atomic E-state index is 14.1. The second-order valence-electron chi connectivity index (χ2n) is 11.8. The van der Waals surface area contributed by atoms with Gasteiger partial charge in [0.05, 0.1) is 0 Å². The Hall–Kier alpha value is -2.17. The highest BCUT2D eigenvalue weighted by Gasteiger charge is 2.93. The lowest BCUT2D eigenvalue weighted by atomic mass is 9.53. The van der Waals surface area contributed by atoms with Crippen LogP contribution in [0.4, 0.5) is 136 Å². The average molecular weight is 886 g/mol. The van der Waals surface area contributed by atoms with Crippen LogP contribution in [0.2, 0.25) is 0 Å². The Morgan fingerprint density at radius 3 is 0.519 bits per heavy atom. The molecule has 54 heavy (non-hydrogen) atoms. The van der Waals surface area contributed by atoms with Crippen molar-refractivity contribution in [2.24, 2.45) is 16.2 Å². The average Bonchev–Trinajstić information content (AvgIpc) is 2.81. The molecule has 3 unspecified atom stereocenters. The molecule has 0 aliphatic rings. The van der Waals surface area contributed by atoms with Crippen LogP contribution in [0, 0.1) is 16.2 Å². The Morgan fingerprint density at radius 1 is 0.185 bits per heavy atom.